The molecule has 2 amide bonds. The van der Waals surface area contributed by atoms with Crippen molar-refractivity contribution in [2.24, 2.45) is 5.41 Å². The van der Waals surface area contributed by atoms with Gasteiger partial charge in [0.1, 0.15) is 0 Å². The minimum Gasteiger partial charge on any atom is -0.352 e. The standard InChI is InChI=1S/C19H32FN3O2/c20-10-7-17(24)21-16-6-5-13-23(14-16)18(25)19(8-1-2-9-19)15-22-11-3-4-12-22/h16H,1-15H2,(H,21,24)/t16-/m0/s1. The second-order valence-electron chi connectivity index (χ2n) is 8.07. The van der Waals surface area contributed by atoms with Gasteiger partial charge < -0.3 is 15.1 Å². The molecule has 0 radical (unpaired) electrons. The molecule has 0 aromatic heterocycles. The first-order valence-electron chi connectivity index (χ1n) is 10.00. The lowest BCUT2D eigenvalue weighted by Crippen LogP contribution is -2.55. The molecule has 0 aromatic carbocycles. The summed E-state index contributed by atoms with van der Waals surface area (Å²) in [4.78, 5) is 29.5. The summed E-state index contributed by atoms with van der Waals surface area (Å²) in [5.74, 6) is 0.0517. The van der Waals surface area contributed by atoms with E-state index >= 15 is 0 Å². The normalized spacial score (nSPS) is 26.8. The van der Waals surface area contributed by atoms with Crippen molar-refractivity contribution in [3.63, 3.8) is 0 Å². The number of alkyl halides is 1. The second-order valence-corrected chi connectivity index (χ2v) is 8.07. The lowest BCUT2D eigenvalue weighted by atomic mass is 9.83. The molecule has 0 aromatic rings. The lowest BCUT2D eigenvalue weighted by Gasteiger charge is -2.40. The highest BCUT2D eigenvalue weighted by Crippen LogP contribution is 2.41. The first kappa shape index (κ1) is 18.6. The minimum absolute atomic E-state index is 0.0259. The van der Waals surface area contributed by atoms with Gasteiger partial charge in [-0.3, -0.25) is 14.0 Å². The zero-order chi connectivity index (χ0) is 17.7. The van der Waals surface area contributed by atoms with Gasteiger partial charge >= 0.3 is 0 Å². The largest absolute Gasteiger partial charge is 0.352 e. The average Bonchev–Trinajstić information content (AvgIpc) is 3.28. The Morgan fingerprint density at radius 3 is 2.44 bits per heavy atom. The fraction of sp³-hybridized carbons (Fsp3) is 0.895. The molecule has 1 aliphatic carbocycles. The van der Waals surface area contributed by atoms with Gasteiger partial charge in [-0.05, 0) is 51.6 Å². The number of carbonyl (C=O) groups is 2. The summed E-state index contributed by atoms with van der Waals surface area (Å²) in [6, 6.07) is -0.0259. The molecule has 0 spiro atoms. The third-order valence-corrected chi connectivity index (χ3v) is 6.13. The van der Waals surface area contributed by atoms with Crippen molar-refractivity contribution < 1.29 is 14.0 Å². The molecule has 2 saturated heterocycles. The highest BCUT2D eigenvalue weighted by Gasteiger charge is 2.45. The summed E-state index contributed by atoms with van der Waals surface area (Å²) in [6.45, 7) is 3.89. The Hall–Kier alpha value is -1.17. The van der Waals surface area contributed by atoms with Crippen LogP contribution in [0.3, 0.4) is 0 Å². The van der Waals surface area contributed by atoms with E-state index in [0.717, 1.165) is 64.7 Å². The molecular weight excluding hydrogens is 321 g/mol. The van der Waals surface area contributed by atoms with Crippen LogP contribution in [0.4, 0.5) is 4.39 Å². The van der Waals surface area contributed by atoms with E-state index in [9.17, 15) is 14.0 Å². The zero-order valence-corrected chi connectivity index (χ0v) is 15.3. The molecule has 5 nitrogen and oxygen atoms in total. The van der Waals surface area contributed by atoms with Gasteiger partial charge in [-0.2, -0.15) is 0 Å². The molecular formula is C19H32FN3O2. The van der Waals surface area contributed by atoms with Crippen LogP contribution in [0.2, 0.25) is 0 Å². The quantitative estimate of drug-likeness (QED) is 0.796. The first-order chi connectivity index (χ1) is 12.1. The van der Waals surface area contributed by atoms with Gasteiger partial charge in [-0.25, -0.2) is 0 Å². The molecule has 0 unspecified atom stereocenters. The Labute approximate surface area is 150 Å². The summed E-state index contributed by atoms with van der Waals surface area (Å²) >= 11 is 0. The van der Waals surface area contributed by atoms with E-state index in [1.165, 1.54) is 12.8 Å². The molecule has 3 rings (SSSR count). The predicted molar refractivity (Wildman–Crippen MR) is 94.9 cm³/mol. The number of hydrogen-bond acceptors (Lipinski definition) is 3. The number of rotatable bonds is 6. The maximum atomic E-state index is 13.4. The molecule has 142 valence electrons. The van der Waals surface area contributed by atoms with E-state index in [4.69, 9.17) is 0 Å². The van der Waals surface area contributed by atoms with Gasteiger partial charge in [-0.15, -0.1) is 0 Å². The number of nitrogens with zero attached hydrogens (tertiary/aromatic N) is 2. The van der Waals surface area contributed by atoms with Crippen LogP contribution in [-0.4, -0.2) is 67.1 Å². The van der Waals surface area contributed by atoms with Crippen LogP contribution in [0.25, 0.3) is 0 Å². The average molecular weight is 353 g/mol. The van der Waals surface area contributed by atoms with Crippen LogP contribution in [0.15, 0.2) is 0 Å². The van der Waals surface area contributed by atoms with Gasteiger partial charge in [-0.1, -0.05) is 12.8 Å². The minimum atomic E-state index is -0.625. The first-order valence-corrected chi connectivity index (χ1v) is 10.00. The summed E-state index contributed by atoms with van der Waals surface area (Å²) in [5.41, 5.74) is -0.213. The monoisotopic (exact) mass is 353 g/mol. The maximum absolute atomic E-state index is 13.4. The van der Waals surface area contributed by atoms with Crippen LogP contribution in [0.5, 0.6) is 0 Å². The SMILES string of the molecule is O=C(CCF)N[C@H]1CCCN(C(=O)C2(CN3CCCC3)CCCC2)C1. The van der Waals surface area contributed by atoms with Gasteiger partial charge in [0.25, 0.3) is 0 Å². The summed E-state index contributed by atoms with van der Waals surface area (Å²) in [5, 5.41) is 2.90. The third kappa shape index (κ3) is 4.52. The Morgan fingerprint density at radius 1 is 1.04 bits per heavy atom. The van der Waals surface area contributed by atoms with Crippen molar-refractivity contribution in [3.05, 3.63) is 0 Å². The molecule has 2 heterocycles. The number of nitrogens with one attached hydrogen (secondary N) is 1. The van der Waals surface area contributed by atoms with Crippen LogP contribution in [0, 0.1) is 5.41 Å². The highest BCUT2D eigenvalue weighted by atomic mass is 19.1. The van der Waals surface area contributed by atoms with Crippen molar-refractivity contribution in [1.82, 2.24) is 15.1 Å². The summed E-state index contributed by atoms with van der Waals surface area (Å²) < 4.78 is 12.3. The zero-order valence-electron chi connectivity index (χ0n) is 15.3. The fourth-order valence-corrected chi connectivity index (χ4v) is 4.86. The van der Waals surface area contributed by atoms with E-state index in [1.807, 2.05) is 4.90 Å². The summed E-state index contributed by atoms with van der Waals surface area (Å²) in [6.07, 6.45) is 8.48. The van der Waals surface area contributed by atoms with Crippen molar-refractivity contribution in [2.45, 2.75) is 63.8 Å². The number of hydrogen-bond donors (Lipinski definition) is 1. The van der Waals surface area contributed by atoms with Crippen LogP contribution in [0.1, 0.15) is 57.8 Å². The molecule has 1 atom stereocenters. The van der Waals surface area contributed by atoms with Crippen molar-refractivity contribution in [1.29, 1.82) is 0 Å². The van der Waals surface area contributed by atoms with Crippen LogP contribution < -0.4 is 5.32 Å². The number of halogens is 1. The van der Waals surface area contributed by atoms with Gasteiger partial charge in [0.2, 0.25) is 11.8 Å². The van der Waals surface area contributed by atoms with Gasteiger partial charge in [0.15, 0.2) is 0 Å². The molecule has 3 fully saturated rings. The molecule has 3 aliphatic rings. The Balaban J connectivity index is 1.61. The van der Waals surface area contributed by atoms with Crippen molar-refractivity contribution in [3.8, 4) is 0 Å². The van der Waals surface area contributed by atoms with E-state index in [-0.39, 0.29) is 23.8 Å². The number of amides is 2. The molecule has 1 N–H and O–H groups in total. The maximum Gasteiger partial charge on any atom is 0.230 e. The second kappa shape index (κ2) is 8.47. The molecule has 2 aliphatic heterocycles. The smallest absolute Gasteiger partial charge is 0.230 e. The number of piperidine rings is 1. The topological polar surface area (TPSA) is 52.7 Å². The van der Waals surface area contributed by atoms with Crippen molar-refractivity contribution >= 4 is 11.8 Å². The summed E-state index contributed by atoms with van der Waals surface area (Å²) in [7, 11) is 0. The van der Waals surface area contributed by atoms with E-state index in [1.54, 1.807) is 0 Å². The van der Waals surface area contributed by atoms with Gasteiger partial charge in [0.05, 0.1) is 18.5 Å². The molecule has 1 saturated carbocycles. The predicted octanol–water partition coefficient (Wildman–Crippen LogP) is 2.11. The Kier molecular flexibility index (Phi) is 6.31. The van der Waals surface area contributed by atoms with Crippen LogP contribution in [-0.2, 0) is 9.59 Å². The Bertz CT molecular complexity index is 473. The molecule has 25 heavy (non-hydrogen) atoms. The fourth-order valence-electron chi connectivity index (χ4n) is 4.86. The van der Waals surface area contributed by atoms with Crippen molar-refractivity contribution in [2.75, 3.05) is 39.4 Å². The van der Waals surface area contributed by atoms with Crippen LogP contribution >= 0.6 is 0 Å². The number of carbonyl (C=O) groups excluding carboxylic acids is 2. The van der Waals surface area contributed by atoms with E-state index < -0.39 is 6.67 Å². The lowest BCUT2D eigenvalue weighted by molar-refractivity contribution is -0.145. The highest BCUT2D eigenvalue weighted by molar-refractivity contribution is 5.83. The third-order valence-electron chi connectivity index (χ3n) is 6.13. The Morgan fingerprint density at radius 2 is 1.76 bits per heavy atom. The van der Waals surface area contributed by atoms with Gasteiger partial charge in [0, 0.05) is 25.7 Å². The number of likely N-dealkylation sites (tertiary alicyclic amines) is 2. The van der Waals surface area contributed by atoms with E-state index in [2.05, 4.69) is 10.2 Å². The molecule has 6 heteroatoms. The van der Waals surface area contributed by atoms with E-state index in [0.29, 0.717) is 12.5 Å². The molecule has 0 bridgehead atoms.